The highest BCUT2D eigenvalue weighted by Crippen LogP contribution is 2.35. The van der Waals surface area contributed by atoms with E-state index in [1.165, 1.54) is 16.7 Å². The summed E-state index contributed by atoms with van der Waals surface area (Å²) in [4.78, 5) is 25.3. The van der Waals surface area contributed by atoms with Crippen molar-refractivity contribution in [2.75, 3.05) is 17.7 Å². The minimum Gasteiger partial charge on any atom is -0.330 e. The van der Waals surface area contributed by atoms with E-state index in [1.54, 1.807) is 12.3 Å². The molecule has 0 radical (unpaired) electrons. The molecule has 0 aliphatic heterocycles. The van der Waals surface area contributed by atoms with E-state index in [0.717, 1.165) is 12.1 Å². The number of anilines is 1. The molecule has 1 unspecified atom stereocenters. The number of pyridine rings is 1. The Morgan fingerprint density at radius 1 is 1.28 bits per heavy atom. The summed E-state index contributed by atoms with van der Waals surface area (Å²) in [6.45, 7) is 0.651. The third-order valence-electron chi connectivity index (χ3n) is 4.85. The van der Waals surface area contributed by atoms with E-state index in [2.05, 4.69) is 17.4 Å². The van der Waals surface area contributed by atoms with E-state index < -0.39 is 22.7 Å². The number of rotatable bonds is 7. The average molecular weight is 484 g/mol. The molecule has 5 nitrogen and oxygen atoms in total. The van der Waals surface area contributed by atoms with Crippen molar-refractivity contribution in [3.8, 4) is 0 Å². The van der Waals surface area contributed by atoms with Crippen LogP contribution >= 0.6 is 23.2 Å². The average Bonchev–Trinajstić information content (AvgIpc) is 2.74. The Morgan fingerprint density at radius 3 is 2.69 bits per heavy atom. The van der Waals surface area contributed by atoms with E-state index in [0.29, 0.717) is 30.0 Å². The van der Waals surface area contributed by atoms with Gasteiger partial charge in [0.05, 0.1) is 28.1 Å². The van der Waals surface area contributed by atoms with E-state index in [1.807, 2.05) is 0 Å². The molecule has 0 saturated heterocycles. The quantitative estimate of drug-likeness (QED) is 0.492. The minimum absolute atomic E-state index is 0.0837. The van der Waals surface area contributed by atoms with Gasteiger partial charge in [-0.05, 0) is 30.3 Å². The molecular weight excluding hydrogens is 466 g/mol. The molecular formula is C22H18Cl2F3N3O2. The molecule has 3 aromatic rings. The molecule has 1 amide bonds. The maximum absolute atomic E-state index is 13.0. The highest BCUT2D eigenvalue weighted by atomic mass is 35.5. The molecule has 10 heteroatoms. The molecule has 168 valence electrons. The molecule has 32 heavy (non-hydrogen) atoms. The van der Waals surface area contributed by atoms with Crippen molar-refractivity contribution in [3.63, 3.8) is 0 Å². The molecule has 3 N–H and O–H groups in total. The van der Waals surface area contributed by atoms with Gasteiger partial charge in [0.1, 0.15) is 0 Å². The third-order valence-corrected chi connectivity index (χ3v) is 5.62. The molecule has 1 heterocycles. The molecule has 3 rings (SSSR count). The van der Waals surface area contributed by atoms with Gasteiger partial charge in [-0.2, -0.15) is 13.2 Å². The molecule has 0 fully saturated rings. The fraction of sp³-hybridized carbons (Fsp3) is 0.273. The summed E-state index contributed by atoms with van der Waals surface area (Å²) in [5.74, 6) is -0.344. The van der Waals surface area contributed by atoms with Crippen molar-refractivity contribution in [2.45, 2.75) is 19.1 Å². The zero-order valence-electron chi connectivity index (χ0n) is 16.6. The van der Waals surface area contributed by atoms with E-state index >= 15 is 0 Å². The number of benzene rings is 1. The van der Waals surface area contributed by atoms with Gasteiger partial charge >= 0.3 is 6.18 Å². The lowest BCUT2D eigenvalue weighted by atomic mass is 10.1. The molecule has 2 aromatic carbocycles. The van der Waals surface area contributed by atoms with Crippen molar-refractivity contribution in [3.05, 3.63) is 75.2 Å². The third kappa shape index (κ3) is 5.36. The SMILES string of the molecule is NCC(CCl)Cn1ccc2c(NC(=O)Cc3ccc(Cl)c(C(F)(F)F)c3)cc#cc2c1=O. The van der Waals surface area contributed by atoms with Crippen molar-refractivity contribution >= 4 is 45.6 Å². The highest BCUT2D eigenvalue weighted by Gasteiger charge is 2.33. The number of carbonyl (C=O) groups excluding carboxylic acids is 1. The van der Waals surface area contributed by atoms with Gasteiger partial charge in [-0.25, -0.2) is 0 Å². The Morgan fingerprint density at radius 2 is 2.03 bits per heavy atom. The van der Waals surface area contributed by atoms with E-state index in [9.17, 15) is 22.8 Å². The number of amides is 1. The number of nitrogens with zero attached hydrogens (tertiary/aromatic N) is 1. The van der Waals surface area contributed by atoms with Crippen molar-refractivity contribution in [1.29, 1.82) is 0 Å². The number of aromatic nitrogens is 1. The lowest BCUT2D eigenvalue weighted by Crippen LogP contribution is -2.28. The molecule has 0 aliphatic carbocycles. The summed E-state index contributed by atoms with van der Waals surface area (Å²) in [7, 11) is 0. The largest absolute Gasteiger partial charge is 0.417 e. The minimum atomic E-state index is -4.63. The zero-order chi connectivity index (χ0) is 23.5. The number of hydrogen-bond acceptors (Lipinski definition) is 3. The lowest BCUT2D eigenvalue weighted by Gasteiger charge is -2.14. The predicted octanol–water partition coefficient (Wildman–Crippen LogP) is 4.27. The van der Waals surface area contributed by atoms with Crippen LogP contribution in [0.2, 0.25) is 5.02 Å². The first-order valence-electron chi connectivity index (χ1n) is 9.51. The summed E-state index contributed by atoms with van der Waals surface area (Å²) >= 11 is 11.5. The second-order valence-electron chi connectivity index (χ2n) is 7.18. The number of carbonyl (C=O) groups is 1. The van der Waals surface area contributed by atoms with Gasteiger partial charge in [0, 0.05) is 36.0 Å². The molecule has 1 aromatic heterocycles. The molecule has 0 spiro atoms. The van der Waals surface area contributed by atoms with Gasteiger partial charge in [-0.3, -0.25) is 9.59 Å². The van der Waals surface area contributed by atoms with E-state index in [4.69, 9.17) is 28.9 Å². The first-order chi connectivity index (χ1) is 15.1. The number of halogens is 5. The number of alkyl halides is 4. The molecule has 0 bridgehead atoms. The van der Waals surface area contributed by atoms with Crippen LogP contribution in [-0.2, 0) is 23.9 Å². The van der Waals surface area contributed by atoms with Crippen LogP contribution in [0.3, 0.4) is 0 Å². The molecule has 0 aliphatic rings. The smallest absolute Gasteiger partial charge is 0.330 e. The second-order valence-corrected chi connectivity index (χ2v) is 7.90. The Balaban J connectivity index is 1.84. The van der Waals surface area contributed by atoms with E-state index in [-0.39, 0.29) is 28.8 Å². The first kappa shape index (κ1) is 23.9. The van der Waals surface area contributed by atoms with Crippen LogP contribution in [0.15, 0.2) is 41.3 Å². The maximum atomic E-state index is 13.0. The number of nitrogens with one attached hydrogen (secondary N) is 1. The Hall–Kier alpha value is -2.73. The summed E-state index contributed by atoms with van der Waals surface area (Å²) in [6.07, 6.45) is -3.38. The van der Waals surface area contributed by atoms with Crippen molar-refractivity contribution < 1.29 is 18.0 Å². The van der Waals surface area contributed by atoms with Crippen LogP contribution in [0.4, 0.5) is 18.9 Å². The van der Waals surface area contributed by atoms with Gasteiger partial charge in [0.15, 0.2) is 0 Å². The molecule has 0 saturated carbocycles. The monoisotopic (exact) mass is 483 g/mol. The predicted molar refractivity (Wildman–Crippen MR) is 118 cm³/mol. The lowest BCUT2D eigenvalue weighted by molar-refractivity contribution is -0.137. The van der Waals surface area contributed by atoms with Crippen LogP contribution in [0.5, 0.6) is 0 Å². The number of hydrogen-bond donors (Lipinski definition) is 2. The maximum Gasteiger partial charge on any atom is 0.417 e. The first-order valence-corrected chi connectivity index (χ1v) is 10.4. The fourth-order valence-corrected chi connectivity index (χ4v) is 3.62. The second kappa shape index (κ2) is 9.82. The van der Waals surface area contributed by atoms with Gasteiger partial charge in [0.2, 0.25) is 5.91 Å². The normalized spacial score (nSPS) is 12.4. The summed E-state index contributed by atoms with van der Waals surface area (Å²) < 4.78 is 40.6. The Labute approximate surface area is 191 Å². The van der Waals surface area contributed by atoms with Crippen LogP contribution in [0, 0.1) is 18.1 Å². The summed E-state index contributed by atoms with van der Waals surface area (Å²) in [5.41, 5.74) is 4.74. The standard InChI is InChI=1S/C22H18Cl2F3N3O2/c23-10-14(11-28)12-30-7-6-15-16(21(30)32)2-1-3-19(15)29-20(31)9-13-4-5-18(24)17(8-13)22(25,26)27/h3-8,14H,9-12,28H2,(H,29,31). The Kier molecular flexibility index (Phi) is 7.34. The summed E-state index contributed by atoms with van der Waals surface area (Å²) in [6, 6.07) is 11.8. The highest BCUT2D eigenvalue weighted by molar-refractivity contribution is 6.31. The van der Waals surface area contributed by atoms with Crippen molar-refractivity contribution in [1.82, 2.24) is 4.57 Å². The zero-order valence-corrected chi connectivity index (χ0v) is 18.1. The topological polar surface area (TPSA) is 77.1 Å². The van der Waals surface area contributed by atoms with Crippen LogP contribution < -0.4 is 16.6 Å². The fourth-order valence-electron chi connectivity index (χ4n) is 3.17. The van der Waals surface area contributed by atoms with Gasteiger partial charge in [0.25, 0.3) is 5.56 Å². The number of nitrogens with two attached hydrogens (primary N) is 1. The molecule has 1 atom stereocenters. The van der Waals surface area contributed by atoms with Gasteiger partial charge in [-0.1, -0.05) is 29.8 Å². The van der Waals surface area contributed by atoms with Gasteiger partial charge < -0.3 is 15.6 Å². The van der Waals surface area contributed by atoms with Crippen LogP contribution in [0.25, 0.3) is 10.8 Å². The Bertz CT molecular complexity index is 1190. The van der Waals surface area contributed by atoms with Crippen molar-refractivity contribution in [2.24, 2.45) is 11.7 Å². The van der Waals surface area contributed by atoms with Gasteiger partial charge in [-0.15, -0.1) is 11.6 Å². The van der Waals surface area contributed by atoms with Crippen LogP contribution in [0.1, 0.15) is 11.1 Å². The number of fused-ring (bicyclic) bond motifs is 1. The summed E-state index contributed by atoms with van der Waals surface area (Å²) in [5, 5.41) is 2.82. The van der Waals surface area contributed by atoms with Crippen LogP contribution in [-0.4, -0.2) is 22.9 Å².